The fraction of sp³-hybridized carbons (Fsp3) is 0.462. The third-order valence-electron chi connectivity index (χ3n) is 3.12. The van der Waals surface area contributed by atoms with Crippen LogP contribution in [0.15, 0.2) is 27.4 Å². The van der Waals surface area contributed by atoms with E-state index in [1.807, 2.05) is 20.8 Å². The summed E-state index contributed by atoms with van der Waals surface area (Å²) in [5, 5.41) is 7.72. The molecular formula is C13H17N3O3. The highest BCUT2D eigenvalue weighted by Crippen LogP contribution is 2.21. The summed E-state index contributed by atoms with van der Waals surface area (Å²) in [4.78, 5) is 13.8. The van der Waals surface area contributed by atoms with Crippen molar-refractivity contribution in [1.29, 1.82) is 0 Å². The predicted molar refractivity (Wildman–Crippen MR) is 67.6 cm³/mol. The SMILES string of the molecule is CC(C)c1cc(C(=O)N(C)C(C)c2ccon2)on1. The number of rotatable bonds is 4. The first-order valence-electron chi connectivity index (χ1n) is 6.14. The smallest absolute Gasteiger partial charge is 0.292 e. The molecule has 2 heterocycles. The van der Waals surface area contributed by atoms with Gasteiger partial charge in [-0.3, -0.25) is 4.79 Å². The summed E-state index contributed by atoms with van der Waals surface area (Å²) in [6.07, 6.45) is 1.48. The van der Waals surface area contributed by atoms with E-state index in [9.17, 15) is 4.79 Å². The summed E-state index contributed by atoms with van der Waals surface area (Å²) in [5.74, 6) is 0.236. The molecule has 1 unspecified atom stereocenters. The van der Waals surface area contributed by atoms with Crippen LogP contribution >= 0.6 is 0 Å². The highest BCUT2D eigenvalue weighted by atomic mass is 16.5. The van der Waals surface area contributed by atoms with Gasteiger partial charge in [-0.25, -0.2) is 0 Å². The van der Waals surface area contributed by atoms with Crippen molar-refractivity contribution in [2.24, 2.45) is 0 Å². The first-order chi connectivity index (χ1) is 9.00. The quantitative estimate of drug-likeness (QED) is 0.847. The highest BCUT2D eigenvalue weighted by Gasteiger charge is 2.24. The van der Waals surface area contributed by atoms with Crippen LogP contribution in [-0.2, 0) is 0 Å². The Bertz CT molecular complexity index is 545. The number of nitrogens with zero attached hydrogens (tertiary/aromatic N) is 3. The Morgan fingerprint density at radius 3 is 2.53 bits per heavy atom. The number of carbonyl (C=O) groups excluding carboxylic acids is 1. The summed E-state index contributed by atoms with van der Waals surface area (Å²) in [7, 11) is 1.69. The zero-order valence-electron chi connectivity index (χ0n) is 11.5. The van der Waals surface area contributed by atoms with Crippen molar-refractivity contribution in [3.63, 3.8) is 0 Å². The Labute approximate surface area is 111 Å². The Hall–Kier alpha value is -2.11. The lowest BCUT2D eigenvalue weighted by Crippen LogP contribution is -2.29. The second-order valence-corrected chi connectivity index (χ2v) is 4.79. The molecule has 0 saturated carbocycles. The van der Waals surface area contributed by atoms with Gasteiger partial charge in [0, 0.05) is 19.2 Å². The maximum atomic E-state index is 12.3. The zero-order chi connectivity index (χ0) is 14.0. The fourth-order valence-corrected chi connectivity index (χ4v) is 1.65. The standard InChI is InChI=1S/C13H17N3O3/c1-8(2)11-7-12(19-15-11)13(17)16(4)9(3)10-5-6-18-14-10/h5-9H,1-4H3. The van der Waals surface area contributed by atoms with Gasteiger partial charge in [0.2, 0.25) is 5.76 Å². The molecule has 0 bridgehead atoms. The van der Waals surface area contributed by atoms with Crippen LogP contribution in [0.5, 0.6) is 0 Å². The van der Waals surface area contributed by atoms with Gasteiger partial charge in [0.05, 0.1) is 11.7 Å². The first-order valence-corrected chi connectivity index (χ1v) is 6.14. The van der Waals surface area contributed by atoms with Gasteiger partial charge in [-0.05, 0) is 12.8 Å². The van der Waals surface area contributed by atoms with Crippen LogP contribution in [0.25, 0.3) is 0 Å². The maximum absolute atomic E-state index is 12.3. The Morgan fingerprint density at radius 1 is 1.26 bits per heavy atom. The third kappa shape index (κ3) is 2.67. The molecule has 2 rings (SSSR count). The summed E-state index contributed by atoms with van der Waals surface area (Å²) in [6.45, 7) is 5.86. The molecule has 2 aromatic heterocycles. The minimum absolute atomic E-state index is 0.196. The van der Waals surface area contributed by atoms with Crippen molar-refractivity contribution >= 4 is 5.91 Å². The number of carbonyl (C=O) groups is 1. The molecule has 0 aliphatic carbocycles. The van der Waals surface area contributed by atoms with Crippen LogP contribution in [0, 0.1) is 0 Å². The van der Waals surface area contributed by atoms with Crippen molar-refractivity contribution in [1.82, 2.24) is 15.2 Å². The van der Waals surface area contributed by atoms with Crippen molar-refractivity contribution in [2.45, 2.75) is 32.7 Å². The van der Waals surface area contributed by atoms with Gasteiger partial charge < -0.3 is 13.9 Å². The third-order valence-corrected chi connectivity index (χ3v) is 3.12. The van der Waals surface area contributed by atoms with Gasteiger partial charge in [0.25, 0.3) is 5.91 Å². The van der Waals surface area contributed by atoms with Crippen molar-refractivity contribution in [2.75, 3.05) is 7.05 Å². The van der Waals surface area contributed by atoms with E-state index in [4.69, 9.17) is 9.05 Å². The molecule has 0 aromatic carbocycles. The van der Waals surface area contributed by atoms with Crippen molar-refractivity contribution in [3.05, 3.63) is 35.5 Å². The van der Waals surface area contributed by atoms with E-state index in [1.54, 1.807) is 24.1 Å². The van der Waals surface area contributed by atoms with Crippen LogP contribution < -0.4 is 0 Å². The molecule has 0 saturated heterocycles. The summed E-state index contributed by atoms with van der Waals surface area (Å²) < 4.78 is 9.87. The van der Waals surface area contributed by atoms with E-state index in [0.717, 1.165) is 5.69 Å². The zero-order valence-corrected chi connectivity index (χ0v) is 11.5. The summed E-state index contributed by atoms with van der Waals surface area (Å²) >= 11 is 0. The van der Waals surface area contributed by atoms with E-state index in [0.29, 0.717) is 5.69 Å². The summed E-state index contributed by atoms with van der Waals surface area (Å²) in [5.41, 5.74) is 1.46. The average Bonchev–Trinajstić information content (AvgIpc) is 3.06. The highest BCUT2D eigenvalue weighted by molar-refractivity contribution is 5.91. The molecule has 0 spiro atoms. The molecule has 0 aliphatic rings. The molecule has 0 radical (unpaired) electrons. The monoisotopic (exact) mass is 263 g/mol. The van der Waals surface area contributed by atoms with Crippen LogP contribution in [0.4, 0.5) is 0 Å². The van der Waals surface area contributed by atoms with Crippen LogP contribution in [-0.4, -0.2) is 28.2 Å². The van der Waals surface area contributed by atoms with Crippen molar-refractivity contribution < 1.29 is 13.8 Å². The molecule has 0 N–H and O–H groups in total. The number of amides is 1. The topological polar surface area (TPSA) is 72.4 Å². The van der Waals surface area contributed by atoms with Crippen LogP contribution in [0.2, 0.25) is 0 Å². The molecule has 0 aliphatic heterocycles. The number of aromatic nitrogens is 2. The van der Waals surface area contributed by atoms with Crippen LogP contribution in [0.3, 0.4) is 0 Å². The first kappa shape index (κ1) is 13.3. The summed E-state index contributed by atoms with van der Waals surface area (Å²) in [6, 6.07) is 3.21. The van der Waals surface area contributed by atoms with Gasteiger partial charge in [0.15, 0.2) is 0 Å². The normalized spacial score (nSPS) is 12.7. The molecule has 2 aromatic rings. The van der Waals surface area contributed by atoms with Gasteiger partial charge in [-0.1, -0.05) is 24.2 Å². The lowest BCUT2D eigenvalue weighted by Gasteiger charge is -2.21. The van der Waals surface area contributed by atoms with E-state index in [1.165, 1.54) is 6.26 Å². The van der Waals surface area contributed by atoms with Gasteiger partial charge in [-0.15, -0.1) is 0 Å². The van der Waals surface area contributed by atoms with E-state index < -0.39 is 0 Å². The second kappa shape index (κ2) is 5.26. The molecule has 6 nitrogen and oxygen atoms in total. The van der Waals surface area contributed by atoms with Gasteiger partial charge in [0.1, 0.15) is 12.0 Å². The minimum atomic E-state index is -0.227. The average molecular weight is 263 g/mol. The van der Waals surface area contributed by atoms with Crippen LogP contribution in [0.1, 0.15) is 54.7 Å². The lowest BCUT2D eigenvalue weighted by molar-refractivity contribution is 0.0695. The lowest BCUT2D eigenvalue weighted by atomic mass is 10.1. The Kier molecular flexibility index (Phi) is 3.69. The molecule has 102 valence electrons. The molecule has 1 atom stereocenters. The molecule has 19 heavy (non-hydrogen) atoms. The Balaban J connectivity index is 2.14. The predicted octanol–water partition coefficient (Wildman–Crippen LogP) is 2.62. The fourth-order valence-electron chi connectivity index (χ4n) is 1.65. The minimum Gasteiger partial charge on any atom is -0.364 e. The van der Waals surface area contributed by atoms with E-state index in [2.05, 4.69) is 10.3 Å². The Morgan fingerprint density at radius 2 is 2.00 bits per heavy atom. The van der Waals surface area contributed by atoms with Gasteiger partial charge >= 0.3 is 0 Å². The second-order valence-electron chi connectivity index (χ2n) is 4.79. The molecule has 1 amide bonds. The number of hydrogen-bond acceptors (Lipinski definition) is 5. The van der Waals surface area contributed by atoms with Gasteiger partial charge in [-0.2, -0.15) is 0 Å². The van der Waals surface area contributed by atoms with Crippen molar-refractivity contribution in [3.8, 4) is 0 Å². The number of hydrogen-bond donors (Lipinski definition) is 0. The van der Waals surface area contributed by atoms with E-state index in [-0.39, 0.29) is 23.6 Å². The largest absolute Gasteiger partial charge is 0.364 e. The molecule has 0 fully saturated rings. The molecule has 6 heteroatoms. The maximum Gasteiger partial charge on any atom is 0.292 e. The molecular weight excluding hydrogens is 246 g/mol. The van der Waals surface area contributed by atoms with E-state index >= 15 is 0 Å².